The molecule has 1 fully saturated rings. The van der Waals surface area contributed by atoms with Gasteiger partial charge in [0.25, 0.3) is 6.02 Å². The number of hydrogen-bond acceptors (Lipinski definition) is 6. The minimum Gasteiger partial charge on any atom is -0.497 e. The fourth-order valence-corrected chi connectivity index (χ4v) is 5.94. The second-order valence-electron chi connectivity index (χ2n) is 9.06. The van der Waals surface area contributed by atoms with Crippen LogP contribution in [0.2, 0.25) is 0 Å². The molecular weight excluding hydrogens is 402 g/mol. The summed E-state index contributed by atoms with van der Waals surface area (Å²) in [4.78, 5) is 4.89. The SMILES string of the molecule is [2H]C1([2H])CC2(N=C(N)O1)c1cc(-c3cc(C#N)cc(OC)c3)ccc1C[C@]21CC[C@@H](OC)CC1. The zero-order valence-corrected chi connectivity index (χ0v) is 18.5. The molecule has 2 spiro atoms. The molecular formula is C26H29N3O3. The first-order valence-electron chi connectivity index (χ1n) is 12.0. The van der Waals surface area contributed by atoms with Crippen LogP contribution in [-0.4, -0.2) is 32.9 Å². The molecule has 1 unspecified atom stereocenters. The number of methoxy groups -OCH3 is 2. The van der Waals surface area contributed by atoms with Crippen LogP contribution in [0.4, 0.5) is 0 Å². The Morgan fingerprint density at radius 2 is 1.97 bits per heavy atom. The average molecular weight is 434 g/mol. The van der Waals surface area contributed by atoms with Gasteiger partial charge >= 0.3 is 0 Å². The summed E-state index contributed by atoms with van der Waals surface area (Å²) in [5, 5.41) is 9.47. The summed E-state index contributed by atoms with van der Waals surface area (Å²) in [6.07, 6.45) is 4.69. The standard InChI is InChI=1S/C26H29N3O3/c1-30-21-5-7-25(8-6-21)15-19-4-3-18(20-11-17(16-27)12-22(13-20)31-2)14-23(19)26(25)9-10-32-24(28)29-26/h3-4,11-14,21H,5-10,15H2,1-2H3,(H2,28,29)/t21-,25-,26?/i10D2. The van der Waals surface area contributed by atoms with Crippen LogP contribution < -0.4 is 10.5 Å². The van der Waals surface area contributed by atoms with Crippen molar-refractivity contribution in [2.45, 2.75) is 50.2 Å². The molecule has 3 aliphatic rings. The van der Waals surface area contributed by atoms with E-state index in [0.717, 1.165) is 54.4 Å². The second-order valence-corrected chi connectivity index (χ2v) is 9.06. The van der Waals surface area contributed by atoms with Crippen LogP contribution in [0.25, 0.3) is 11.1 Å². The van der Waals surface area contributed by atoms with Gasteiger partial charge in [-0.3, -0.25) is 0 Å². The van der Waals surface area contributed by atoms with E-state index in [1.54, 1.807) is 20.3 Å². The Balaban J connectivity index is 1.67. The van der Waals surface area contributed by atoms with E-state index in [1.807, 2.05) is 12.1 Å². The molecule has 1 aliphatic heterocycles. The third kappa shape index (κ3) is 3.15. The molecule has 6 heteroatoms. The molecule has 1 atom stereocenters. The predicted molar refractivity (Wildman–Crippen MR) is 122 cm³/mol. The smallest absolute Gasteiger partial charge is 0.282 e. The molecule has 5 rings (SSSR count). The van der Waals surface area contributed by atoms with Gasteiger partial charge in [-0.05, 0) is 78.6 Å². The van der Waals surface area contributed by atoms with Crippen molar-refractivity contribution in [1.82, 2.24) is 0 Å². The molecule has 32 heavy (non-hydrogen) atoms. The highest BCUT2D eigenvalue weighted by Crippen LogP contribution is 2.62. The van der Waals surface area contributed by atoms with E-state index in [-0.39, 0.29) is 24.0 Å². The van der Waals surface area contributed by atoms with Gasteiger partial charge in [0.15, 0.2) is 0 Å². The van der Waals surface area contributed by atoms with Crippen molar-refractivity contribution in [3.63, 3.8) is 0 Å². The summed E-state index contributed by atoms with van der Waals surface area (Å²) in [6, 6.07) is 13.8. The van der Waals surface area contributed by atoms with Crippen LogP contribution in [0.15, 0.2) is 41.4 Å². The molecule has 1 saturated carbocycles. The molecule has 0 saturated heterocycles. The van der Waals surface area contributed by atoms with Gasteiger partial charge in [-0.25, -0.2) is 4.99 Å². The summed E-state index contributed by atoms with van der Waals surface area (Å²) in [5.41, 5.74) is 9.50. The topological polar surface area (TPSA) is 89.9 Å². The van der Waals surface area contributed by atoms with Crippen LogP contribution >= 0.6 is 0 Å². The molecule has 6 nitrogen and oxygen atoms in total. The largest absolute Gasteiger partial charge is 0.497 e. The molecule has 2 aliphatic carbocycles. The van der Waals surface area contributed by atoms with Gasteiger partial charge in [0.2, 0.25) is 0 Å². The zero-order chi connectivity index (χ0) is 24.1. The van der Waals surface area contributed by atoms with Gasteiger partial charge in [0.05, 0.1) is 34.1 Å². The third-order valence-electron chi connectivity index (χ3n) is 7.60. The maximum absolute atomic E-state index is 9.47. The van der Waals surface area contributed by atoms with Crippen LogP contribution in [0.1, 0.15) is 51.5 Å². The lowest BCUT2D eigenvalue weighted by atomic mass is 9.60. The number of amidine groups is 1. The summed E-state index contributed by atoms with van der Waals surface area (Å²) in [6.45, 7) is -1.92. The maximum Gasteiger partial charge on any atom is 0.282 e. The highest BCUT2D eigenvalue weighted by atomic mass is 16.5. The van der Waals surface area contributed by atoms with Crippen molar-refractivity contribution in [1.29, 1.82) is 5.26 Å². The van der Waals surface area contributed by atoms with Crippen LogP contribution in [0.3, 0.4) is 0 Å². The number of hydrogen-bond donors (Lipinski definition) is 1. The quantitative estimate of drug-likeness (QED) is 0.780. The molecule has 2 N–H and O–H groups in total. The van der Waals surface area contributed by atoms with Gasteiger partial charge < -0.3 is 19.9 Å². The molecule has 0 radical (unpaired) electrons. The van der Waals surface area contributed by atoms with Crippen molar-refractivity contribution in [2.75, 3.05) is 20.8 Å². The number of rotatable bonds is 3. The average Bonchev–Trinajstić information content (AvgIpc) is 3.05. The highest BCUT2D eigenvalue weighted by Gasteiger charge is 2.59. The highest BCUT2D eigenvalue weighted by molar-refractivity contribution is 5.75. The van der Waals surface area contributed by atoms with E-state index in [4.69, 9.17) is 27.7 Å². The minimum absolute atomic E-state index is 0.101. The minimum atomic E-state index is -1.92. The molecule has 0 amide bonds. The van der Waals surface area contributed by atoms with Crippen LogP contribution in [0, 0.1) is 16.7 Å². The number of nitrogens with two attached hydrogens (primary N) is 1. The van der Waals surface area contributed by atoms with Crippen molar-refractivity contribution in [3.8, 4) is 22.9 Å². The van der Waals surface area contributed by atoms with Crippen molar-refractivity contribution >= 4 is 6.02 Å². The lowest BCUT2D eigenvalue weighted by Crippen LogP contribution is -2.49. The number of ether oxygens (including phenoxy) is 3. The number of fused-ring (bicyclic) bond motifs is 3. The van der Waals surface area contributed by atoms with Gasteiger partial charge in [0, 0.05) is 18.9 Å². The lowest BCUT2D eigenvalue weighted by Gasteiger charge is -2.49. The first-order valence-corrected chi connectivity index (χ1v) is 11.0. The van der Waals surface area contributed by atoms with E-state index in [1.165, 1.54) is 0 Å². The van der Waals surface area contributed by atoms with Crippen molar-refractivity contribution in [2.24, 2.45) is 16.1 Å². The Kier molecular flexibility index (Phi) is 4.53. The molecule has 0 bridgehead atoms. The molecule has 1 heterocycles. The Bertz CT molecular complexity index is 1200. The zero-order valence-electron chi connectivity index (χ0n) is 20.5. The first kappa shape index (κ1) is 18.5. The summed E-state index contributed by atoms with van der Waals surface area (Å²) in [5.74, 6) is 0.614. The predicted octanol–water partition coefficient (Wildman–Crippen LogP) is 4.30. The monoisotopic (exact) mass is 433 g/mol. The van der Waals surface area contributed by atoms with E-state index in [0.29, 0.717) is 11.3 Å². The van der Waals surface area contributed by atoms with Crippen molar-refractivity contribution in [3.05, 3.63) is 53.1 Å². The van der Waals surface area contributed by atoms with Gasteiger partial charge in [-0.1, -0.05) is 12.1 Å². The van der Waals surface area contributed by atoms with Gasteiger partial charge in [0.1, 0.15) is 11.3 Å². The Morgan fingerprint density at radius 3 is 2.66 bits per heavy atom. The summed E-state index contributed by atoms with van der Waals surface area (Å²) in [7, 11) is 3.33. The molecule has 0 aromatic heterocycles. The Morgan fingerprint density at radius 1 is 1.16 bits per heavy atom. The Labute approximate surface area is 191 Å². The fraction of sp³-hybridized carbons (Fsp3) is 0.462. The third-order valence-corrected chi connectivity index (χ3v) is 7.60. The van der Waals surface area contributed by atoms with Crippen LogP contribution in [-0.2, 0) is 21.4 Å². The van der Waals surface area contributed by atoms with E-state index >= 15 is 0 Å². The van der Waals surface area contributed by atoms with Gasteiger partial charge in [-0.2, -0.15) is 5.26 Å². The van der Waals surface area contributed by atoms with Gasteiger partial charge in [-0.15, -0.1) is 0 Å². The van der Waals surface area contributed by atoms with Crippen LogP contribution in [0.5, 0.6) is 5.75 Å². The number of nitrogens with zero attached hydrogens (tertiary/aromatic N) is 2. The van der Waals surface area contributed by atoms with E-state index in [2.05, 4.69) is 24.3 Å². The summed E-state index contributed by atoms with van der Waals surface area (Å²) >= 11 is 0. The normalized spacial score (nSPS) is 31.2. The van der Waals surface area contributed by atoms with E-state index < -0.39 is 12.1 Å². The van der Waals surface area contributed by atoms with Crippen molar-refractivity contribution < 1.29 is 17.0 Å². The fourth-order valence-electron chi connectivity index (χ4n) is 5.94. The molecule has 2 aromatic carbocycles. The maximum atomic E-state index is 9.47. The number of benzene rings is 2. The second kappa shape index (κ2) is 7.83. The lowest BCUT2D eigenvalue weighted by molar-refractivity contribution is -0.0148. The number of aliphatic imine (C=N–C) groups is 1. The van der Waals surface area contributed by atoms with E-state index in [9.17, 15) is 5.26 Å². The molecule has 2 aromatic rings. The molecule has 166 valence electrons. The summed E-state index contributed by atoms with van der Waals surface area (Å²) < 4.78 is 33.3. The first-order chi connectivity index (χ1) is 16.2. The Hall–Kier alpha value is -3.04. The number of nitriles is 1.